The number of nitrogens with zero attached hydrogens (tertiary/aromatic N) is 2. The van der Waals surface area contributed by atoms with E-state index >= 15 is 0 Å². The van der Waals surface area contributed by atoms with Crippen LogP contribution in [0.4, 0.5) is 5.82 Å². The molecule has 78 valence electrons. The smallest absolute Gasteiger partial charge is 0.124 e. The first-order chi connectivity index (χ1) is 6.70. The highest BCUT2D eigenvalue weighted by molar-refractivity contribution is 5.43. The molecule has 2 rings (SSSR count). The Morgan fingerprint density at radius 1 is 1.57 bits per heavy atom. The van der Waals surface area contributed by atoms with Crippen LogP contribution in [0.1, 0.15) is 30.0 Å². The number of hydrogen-bond acceptors (Lipinski definition) is 3. The molecule has 0 radical (unpaired) electrons. The van der Waals surface area contributed by atoms with Crippen molar-refractivity contribution in [2.75, 3.05) is 18.9 Å². The van der Waals surface area contributed by atoms with Gasteiger partial charge in [-0.05, 0) is 19.8 Å². The quantitative estimate of drug-likeness (QED) is 0.732. The summed E-state index contributed by atoms with van der Waals surface area (Å²) in [5, 5.41) is 4.45. The summed E-state index contributed by atoms with van der Waals surface area (Å²) in [5.41, 5.74) is 8.10. The van der Waals surface area contributed by atoms with Crippen LogP contribution in [0.25, 0.3) is 0 Å². The third-order valence-electron chi connectivity index (χ3n) is 2.92. The first-order valence-corrected chi connectivity index (χ1v) is 5.07. The molecule has 0 aromatic carbocycles. The van der Waals surface area contributed by atoms with E-state index in [0.29, 0.717) is 5.92 Å². The van der Waals surface area contributed by atoms with Gasteiger partial charge in [0.25, 0.3) is 0 Å². The van der Waals surface area contributed by atoms with Crippen molar-refractivity contribution >= 4 is 5.82 Å². The van der Waals surface area contributed by atoms with Crippen molar-refractivity contribution in [2.24, 2.45) is 7.05 Å². The highest BCUT2D eigenvalue weighted by Gasteiger charge is 2.22. The summed E-state index contributed by atoms with van der Waals surface area (Å²) in [4.78, 5) is 0. The average Bonchev–Trinajstić information content (AvgIpc) is 2.47. The van der Waals surface area contributed by atoms with Gasteiger partial charge in [-0.2, -0.15) is 5.10 Å². The number of nitrogen functional groups attached to an aromatic ring is 1. The molecule has 1 unspecified atom stereocenters. The molecular weight excluding hydrogens is 178 g/mol. The van der Waals surface area contributed by atoms with Crippen molar-refractivity contribution in [3.05, 3.63) is 11.3 Å². The molecule has 1 saturated heterocycles. The molecule has 1 aliphatic heterocycles. The van der Waals surface area contributed by atoms with Gasteiger partial charge in [0.15, 0.2) is 0 Å². The number of anilines is 1. The summed E-state index contributed by atoms with van der Waals surface area (Å²) in [7, 11) is 1.88. The second-order valence-corrected chi connectivity index (χ2v) is 3.93. The number of aryl methyl sites for hydroxylation is 1. The molecule has 0 saturated carbocycles. The Hall–Kier alpha value is -1.03. The molecule has 2 heterocycles. The van der Waals surface area contributed by atoms with Crippen LogP contribution in [-0.4, -0.2) is 23.0 Å². The van der Waals surface area contributed by atoms with E-state index in [1.165, 1.54) is 0 Å². The third kappa shape index (κ3) is 1.50. The lowest BCUT2D eigenvalue weighted by Gasteiger charge is -2.20. The van der Waals surface area contributed by atoms with Crippen molar-refractivity contribution in [2.45, 2.75) is 25.7 Å². The Morgan fingerprint density at radius 3 is 2.86 bits per heavy atom. The Labute approximate surface area is 84.0 Å². The SMILES string of the molecule is Cc1c(C2CCCOC2)nn(C)c1N. The van der Waals surface area contributed by atoms with E-state index in [9.17, 15) is 0 Å². The molecule has 1 aromatic rings. The second-order valence-electron chi connectivity index (χ2n) is 3.93. The molecular formula is C10H17N3O. The van der Waals surface area contributed by atoms with Crippen LogP contribution < -0.4 is 5.73 Å². The van der Waals surface area contributed by atoms with Crippen LogP contribution in [0.5, 0.6) is 0 Å². The topological polar surface area (TPSA) is 53.1 Å². The minimum absolute atomic E-state index is 0.437. The zero-order valence-electron chi connectivity index (χ0n) is 8.79. The minimum Gasteiger partial charge on any atom is -0.384 e. The molecule has 1 fully saturated rings. The van der Waals surface area contributed by atoms with E-state index in [0.717, 1.165) is 43.1 Å². The Bertz CT molecular complexity index is 326. The lowest BCUT2D eigenvalue weighted by atomic mass is 9.96. The van der Waals surface area contributed by atoms with Gasteiger partial charge < -0.3 is 10.5 Å². The van der Waals surface area contributed by atoms with Gasteiger partial charge >= 0.3 is 0 Å². The van der Waals surface area contributed by atoms with Gasteiger partial charge in [0, 0.05) is 25.1 Å². The summed E-state index contributed by atoms with van der Waals surface area (Å²) in [6.07, 6.45) is 2.29. The van der Waals surface area contributed by atoms with E-state index in [2.05, 4.69) is 5.10 Å². The standard InChI is InChI=1S/C10H17N3O/c1-7-9(12-13(2)10(7)11)8-4-3-5-14-6-8/h8H,3-6,11H2,1-2H3. The number of ether oxygens (including phenoxy) is 1. The van der Waals surface area contributed by atoms with Gasteiger partial charge in [-0.3, -0.25) is 4.68 Å². The van der Waals surface area contributed by atoms with E-state index in [-0.39, 0.29) is 0 Å². The summed E-state index contributed by atoms with van der Waals surface area (Å²) >= 11 is 0. The van der Waals surface area contributed by atoms with Crippen LogP contribution in [0.3, 0.4) is 0 Å². The van der Waals surface area contributed by atoms with Gasteiger partial charge in [0.05, 0.1) is 12.3 Å². The largest absolute Gasteiger partial charge is 0.384 e. The molecule has 0 spiro atoms. The van der Waals surface area contributed by atoms with E-state index < -0.39 is 0 Å². The highest BCUT2D eigenvalue weighted by atomic mass is 16.5. The molecule has 0 amide bonds. The van der Waals surface area contributed by atoms with Crippen molar-refractivity contribution in [3.8, 4) is 0 Å². The monoisotopic (exact) mass is 195 g/mol. The molecule has 0 bridgehead atoms. The van der Waals surface area contributed by atoms with Crippen LogP contribution in [-0.2, 0) is 11.8 Å². The van der Waals surface area contributed by atoms with Crippen molar-refractivity contribution < 1.29 is 4.74 Å². The van der Waals surface area contributed by atoms with Crippen LogP contribution in [0.2, 0.25) is 0 Å². The fraction of sp³-hybridized carbons (Fsp3) is 0.700. The van der Waals surface area contributed by atoms with Gasteiger partial charge in [0.1, 0.15) is 5.82 Å². The molecule has 4 heteroatoms. The van der Waals surface area contributed by atoms with Crippen molar-refractivity contribution in [3.63, 3.8) is 0 Å². The number of nitrogens with two attached hydrogens (primary N) is 1. The fourth-order valence-corrected chi connectivity index (χ4v) is 2.01. The van der Waals surface area contributed by atoms with E-state index in [4.69, 9.17) is 10.5 Å². The molecule has 4 nitrogen and oxygen atoms in total. The third-order valence-corrected chi connectivity index (χ3v) is 2.92. The molecule has 1 atom stereocenters. The van der Waals surface area contributed by atoms with Crippen molar-refractivity contribution in [1.29, 1.82) is 0 Å². The zero-order chi connectivity index (χ0) is 10.1. The summed E-state index contributed by atoms with van der Waals surface area (Å²) < 4.78 is 7.20. The van der Waals surface area contributed by atoms with Gasteiger partial charge in [-0.15, -0.1) is 0 Å². The maximum absolute atomic E-state index is 5.87. The molecule has 2 N–H and O–H groups in total. The predicted molar refractivity (Wildman–Crippen MR) is 55.2 cm³/mol. The first-order valence-electron chi connectivity index (χ1n) is 5.07. The van der Waals surface area contributed by atoms with Crippen molar-refractivity contribution in [1.82, 2.24) is 9.78 Å². The minimum atomic E-state index is 0.437. The fourth-order valence-electron chi connectivity index (χ4n) is 2.01. The number of rotatable bonds is 1. The Kier molecular flexibility index (Phi) is 2.46. The zero-order valence-corrected chi connectivity index (χ0v) is 8.79. The van der Waals surface area contributed by atoms with E-state index in [1.54, 1.807) is 4.68 Å². The Balaban J connectivity index is 2.26. The average molecular weight is 195 g/mol. The van der Waals surface area contributed by atoms with Gasteiger partial charge in [-0.25, -0.2) is 0 Å². The summed E-state index contributed by atoms with van der Waals surface area (Å²) in [6.45, 7) is 3.71. The Morgan fingerprint density at radius 2 is 2.36 bits per heavy atom. The second kappa shape index (κ2) is 3.61. The predicted octanol–water partition coefficient (Wildman–Crippen LogP) is 1.20. The molecule has 0 aliphatic carbocycles. The lowest BCUT2D eigenvalue weighted by Crippen LogP contribution is -2.16. The summed E-state index contributed by atoms with van der Waals surface area (Å²) in [5.74, 6) is 1.21. The maximum atomic E-state index is 5.87. The maximum Gasteiger partial charge on any atom is 0.124 e. The van der Waals surface area contributed by atoms with Gasteiger partial charge in [0.2, 0.25) is 0 Å². The van der Waals surface area contributed by atoms with Gasteiger partial charge in [-0.1, -0.05) is 0 Å². The lowest BCUT2D eigenvalue weighted by molar-refractivity contribution is 0.0790. The molecule has 14 heavy (non-hydrogen) atoms. The van der Waals surface area contributed by atoms with Crippen LogP contribution >= 0.6 is 0 Å². The van der Waals surface area contributed by atoms with E-state index in [1.807, 2.05) is 14.0 Å². The number of hydrogen-bond donors (Lipinski definition) is 1. The molecule has 1 aromatic heterocycles. The van der Waals surface area contributed by atoms with Crippen LogP contribution in [0.15, 0.2) is 0 Å². The normalized spacial score (nSPS) is 22.6. The highest BCUT2D eigenvalue weighted by Crippen LogP contribution is 2.28. The van der Waals surface area contributed by atoms with Crippen LogP contribution in [0, 0.1) is 6.92 Å². The first kappa shape index (κ1) is 9.52. The summed E-state index contributed by atoms with van der Waals surface area (Å²) in [6, 6.07) is 0. The number of aromatic nitrogens is 2. The molecule has 1 aliphatic rings.